The molecule has 5 heteroatoms. The van der Waals surface area contributed by atoms with Crippen molar-refractivity contribution >= 4 is 6.09 Å². The Morgan fingerprint density at radius 3 is 2.69 bits per heavy atom. The molecule has 3 N–H and O–H groups in total. The van der Waals surface area contributed by atoms with Crippen LogP contribution in [-0.4, -0.2) is 41.5 Å². The number of rotatable bonds is 1. The van der Waals surface area contributed by atoms with Gasteiger partial charge in [-0.15, -0.1) is 0 Å². The summed E-state index contributed by atoms with van der Waals surface area (Å²) in [6.45, 7) is 8.55. The van der Waals surface area contributed by atoms with Crippen LogP contribution in [-0.2, 0) is 4.74 Å². The number of hydrogen-bond acceptors (Lipinski definition) is 4. The van der Waals surface area contributed by atoms with Crippen LogP contribution in [0.3, 0.4) is 0 Å². The molecule has 0 radical (unpaired) electrons. The molecule has 1 amide bonds. The van der Waals surface area contributed by atoms with Gasteiger partial charge in [-0.3, -0.25) is 0 Å². The lowest BCUT2D eigenvalue weighted by Gasteiger charge is -2.39. The van der Waals surface area contributed by atoms with Crippen molar-refractivity contribution in [3.8, 4) is 0 Å². The van der Waals surface area contributed by atoms with Gasteiger partial charge in [0.25, 0.3) is 0 Å². The van der Waals surface area contributed by atoms with Gasteiger partial charge in [0.15, 0.2) is 0 Å². The zero-order valence-corrected chi connectivity index (χ0v) is 10.5. The average molecular weight is 230 g/mol. The highest BCUT2D eigenvalue weighted by molar-refractivity contribution is 5.68. The van der Waals surface area contributed by atoms with E-state index in [2.05, 4.69) is 10.6 Å². The van der Waals surface area contributed by atoms with Crippen LogP contribution in [0.15, 0.2) is 0 Å². The molecule has 0 aromatic rings. The van der Waals surface area contributed by atoms with Crippen LogP contribution in [0.4, 0.5) is 4.79 Å². The monoisotopic (exact) mass is 230 g/mol. The maximum Gasteiger partial charge on any atom is 0.408 e. The fourth-order valence-electron chi connectivity index (χ4n) is 1.66. The highest BCUT2D eigenvalue weighted by atomic mass is 16.6. The lowest BCUT2D eigenvalue weighted by molar-refractivity contribution is 0.0155. The summed E-state index contributed by atoms with van der Waals surface area (Å²) in [6.07, 6.45) is -0.377. The number of aliphatic hydroxyl groups excluding tert-OH is 1. The van der Waals surface area contributed by atoms with Crippen molar-refractivity contribution in [2.45, 2.75) is 51.4 Å². The fraction of sp³-hybridized carbons (Fsp3) is 0.909. The Bertz CT molecular complexity index is 262. The van der Waals surface area contributed by atoms with Crippen LogP contribution >= 0.6 is 0 Å². The van der Waals surface area contributed by atoms with Gasteiger partial charge in [0.2, 0.25) is 0 Å². The van der Waals surface area contributed by atoms with Crippen molar-refractivity contribution in [3.05, 3.63) is 0 Å². The van der Waals surface area contributed by atoms with E-state index < -0.39 is 23.3 Å². The molecular formula is C11H22N2O3. The number of nitrogens with one attached hydrogen (secondary N) is 2. The molecular weight excluding hydrogens is 208 g/mol. The van der Waals surface area contributed by atoms with Crippen molar-refractivity contribution in [2.75, 3.05) is 13.1 Å². The van der Waals surface area contributed by atoms with Gasteiger partial charge < -0.3 is 20.5 Å². The number of amides is 1. The smallest absolute Gasteiger partial charge is 0.408 e. The molecule has 0 bridgehead atoms. The second-order valence-corrected chi connectivity index (χ2v) is 5.51. The number of aliphatic hydroxyl groups is 1. The third kappa shape index (κ3) is 3.64. The van der Waals surface area contributed by atoms with Gasteiger partial charge >= 0.3 is 6.09 Å². The van der Waals surface area contributed by atoms with Gasteiger partial charge in [0.1, 0.15) is 5.60 Å². The first-order valence-corrected chi connectivity index (χ1v) is 5.63. The summed E-state index contributed by atoms with van der Waals surface area (Å²) in [5.41, 5.74) is -1.12. The maximum absolute atomic E-state index is 11.6. The summed E-state index contributed by atoms with van der Waals surface area (Å²) in [4.78, 5) is 11.6. The van der Waals surface area contributed by atoms with Crippen LogP contribution in [0, 0.1) is 0 Å². The molecule has 1 rings (SSSR count). The minimum atomic E-state index is -0.604. The Labute approximate surface area is 96.6 Å². The van der Waals surface area contributed by atoms with E-state index in [4.69, 9.17) is 4.74 Å². The van der Waals surface area contributed by atoms with Gasteiger partial charge in [-0.05, 0) is 40.7 Å². The molecule has 16 heavy (non-hydrogen) atoms. The molecule has 1 aliphatic rings. The molecule has 2 atom stereocenters. The highest BCUT2D eigenvalue weighted by Crippen LogP contribution is 2.19. The number of piperidine rings is 1. The molecule has 1 heterocycles. The predicted molar refractivity (Wildman–Crippen MR) is 61.3 cm³/mol. The Morgan fingerprint density at radius 1 is 1.56 bits per heavy atom. The van der Waals surface area contributed by atoms with Gasteiger partial charge in [-0.25, -0.2) is 4.79 Å². The Morgan fingerprint density at radius 2 is 2.19 bits per heavy atom. The molecule has 1 aliphatic heterocycles. The van der Waals surface area contributed by atoms with Crippen LogP contribution in [0.5, 0.6) is 0 Å². The normalized spacial score (nSPS) is 30.9. The third-order valence-corrected chi connectivity index (χ3v) is 2.68. The minimum absolute atomic E-state index is 0.476. The van der Waals surface area contributed by atoms with Crippen LogP contribution in [0.25, 0.3) is 0 Å². The zero-order valence-electron chi connectivity index (χ0n) is 10.5. The number of ether oxygens (including phenoxy) is 1. The van der Waals surface area contributed by atoms with E-state index in [9.17, 15) is 9.90 Å². The Hall–Kier alpha value is -0.810. The molecule has 0 aliphatic carbocycles. The first-order valence-electron chi connectivity index (χ1n) is 5.63. The maximum atomic E-state index is 11.6. The van der Waals surface area contributed by atoms with E-state index >= 15 is 0 Å². The summed E-state index contributed by atoms with van der Waals surface area (Å²) < 4.78 is 5.17. The van der Waals surface area contributed by atoms with Crippen molar-refractivity contribution in [3.63, 3.8) is 0 Å². The summed E-state index contributed by atoms with van der Waals surface area (Å²) in [7, 11) is 0. The van der Waals surface area contributed by atoms with Crippen molar-refractivity contribution in [1.29, 1.82) is 0 Å². The minimum Gasteiger partial charge on any atom is -0.444 e. The molecule has 5 nitrogen and oxygen atoms in total. The highest BCUT2D eigenvalue weighted by Gasteiger charge is 2.37. The molecule has 1 saturated heterocycles. The fourth-order valence-corrected chi connectivity index (χ4v) is 1.66. The molecule has 0 spiro atoms. The van der Waals surface area contributed by atoms with E-state index in [0.29, 0.717) is 13.0 Å². The first kappa shape index (κ1) is 13.3. The SMILES string of the molecule is CC(C)(C)OC(=O)N[C@]1(C)CCNC[C@@H]1O. The van der Waals surface area contributed by atoms with Gasteiger partial charge in [-0.1, -0.05) is 0 Å². The Balaban J connectivity index is 2.54. The number of hydrogen-bond donors (Lipinski definition) is 3. The van der Waals surface area contributed by atoms with E-state index in [1.165, 1.54) is 0 Å². The van der Waals surface area contributed by atoms with E-state index in [0.717, 1.165) is 6.54 Å². The molecule has 94 valence electrons. The predicted octanol–water partition coefficient (Wildman–Crippen LogP) is 0.624. The molecule has 0 aromatic carbocycles. The van der Waals surface area contributed by atoms with Crippen LogP contribution < -0.4 is 10.6 Å². The number of β-amino-alcohol motifs (C(OH)–C–C–N with tert-alkyl or cyclic N) is 1. The number of carbonyl (C=O) groups is 1. The molecule has 0 unspecified atom stereocenters. The second kappa shape index (κ2) is 4.59. The van der Waals surface area contributed by atoms with Crippen LogP contribution in [0.2, 0.25) is 0 Å². The zero-order chi connectivity index (χ0) is 12.4. The quantitative estimate of drug-likeness (QED) is 0.617. The van der Waals surface area contributed by atoms with Crippen molar-refractivity contribution in [1.82, 2.24) is 10.6 Å². The largest absolute Gasteiger partial charge is 0.444 e. The molecule has 0 aromatic heterocycles. The van der Waals surface area contributed by atoms with Crippen molar-refractivity contribution < 1.29 is 14.6 Å². The van der Waals surface area contributed by atoms with E-state index in [1.807, 2.05) is 27.7 Å². The van der Waals surface area contributed by atoms with E-state index in [1.54, 1.807) is 0 Å². The van der Waals surface area contributed by atoms with Gasteiger partial charge in [-0.2, -0.15) is 0 Å². The summed E-state index contributed by atoms with van der Waals surface area (Å²) in [5, 5.41) is 15.7. The average Bonchev–Trinajstić information content (AvgIpc) is 2.06. The molecule has 1 fully saturated rings. The Kier molecular flexibility index (Phi) is 3.80. The number of carbonyl (C=O) groups excluding carboxylic acids is 1. The molecule has 0 saturated carbocycles. The van der Waals surface area contributed by atoms with Gasteiger partial charge in [0, 0.05) is 6.54 Å². The van der Waals surface area contributed by atoms with E-state index in [-0.39, 0.29) is 0 Å². The summed E-state index contributed by atoms with van der Waals surface area (Å²) >= 11 is 0. The lowest BCUT2D eigenvalue weighted by Crippen LogP contribution is -2.62. The second-order valence-electron chi connectivity index (χ2n) is 5.51. The summed E-state index contributed by atoms with van der Waals surface area (Å²) in [6, 6.07) is 0. The third-order valence-electron chi connectivity index (χ3n) is 2.68. The summed E-state index contributed by atoms with van der Waals surface area (Å²) in [5.74, 6) is 0. The van der Waals surface area contributed by atoms with Crippen LogP contribution in [0.1, 0.15) is 34.1 Å². The topological polar surface area (TPSA) is 70.6 Å². The lowest BCUT2D eigenvalue weighted by atomic mass is 9.88. The first-order chi connectivity index (χ1) is 7.23. The number of alkyl carbamates (subject to hydrolysis) is 1. The standard InChI is InChI=1S/C11H22N2O3/c1-10(2,3)16-9(15)13-11(4)5-6-12-7-8(11)14/h8,12,14H,5-7H2,1-4H3,(H,13,15)/t8-,11+/m0/s1. The van der Waals surface area contributed by atoms with Crippen molar-refractivity contribution in [2.24, 2.45) is 0 Å². The van der Waals surface area contributed by atoms with Gasteiger partial charge in [0.05, 0.1) is 11.6 Å².